The zero-order valence-corrected chi connectivity index (χ0v) is 24.0. The fourth-order valence-corrected chi connectivity index (χ4v) is 5.24. The van der Waals surface area contributed by atoms with E-state index in [0.29, 0.717) is 23.5 Å². The van der Waals surface area contributed by atoms with Gasteiger partial charge in [0, 0.05) is 37.6 Å². The summed E-state index contributed by atoms with van der Waals surface area (Å²) in [4.78, 5) is 17.4. The number of amides is 1. The summed E-state index contributed by atoms with van der Waals surface area (Å²) in [7, 11) is 3.07. The van der Waals surface area contributed by atoms with Crippen molar-refractivity contribution in [3.8, 4) is 11.4 Å². The molecule has 5 rings (SSSR count). The van der Waals surface area contributed by atoms with Gasteiger partial charge in [0.15, 0.2) is 0 Å². The number of hydrogen-bond acceptors (Lipinski definition) is 8. The van der Waals surface area contributed by atoms with Crippen LogP contribution in [0.2, 0.25) is 0 Å². The Bertz CT molecular complexity index is 1560. The molecule has 1 N–H and O–H groups in total. The number of nitrogens with zero attached hydrogens (tertiary/aromatic N) is 2. The Hall–Kier alpha value is -3.91. The summed E-state index contributed by atoms with van der Waals surface area (Å²) < 4.78 is 72.0. The van der Waals surface area contributed by atoms with Gasteiger partial charge in [-0.1, -0.05) is 19.1 Å². The lowest BCUT2D eigenvalue weighted by Crippen LogP contribution is -2.60. The smallest absolute Gasteiger partial charge is 0.416 e. The van der Waals surface area contributed by atoms with Crippen molar-refractivity contribution in [1.82, 2.24) is 9.55 Å². The molecule has 0 radical (unpaired) electrons. The fourth-order valence-electron chi connectivity index (χ4n) is 5.24. The number of hydrogen-bond donors (Lipinski definition) is 1. The van der Waals surface area contributed by atoms with Gasteiger partial charge < -0.3 is 28.4 Å². The fraction of sp³-hybridized carbons (Fsp3) is 0.400. The summed E-state index contributed by atoms with van der Waals surface area (Å²) in [5.74, 6) is -0.309. The van der Waals surface area contributed by atoms with Gasteiger partial charge in [-0.3, -0.25) is 9.88 Å². The number of rotatable bonds is 9. The Morgan fingerprint density at radius 2 is 1.77 bits per heavy atom. The number of ether oxygens (including phenoxy) is 6. The van der Waals surface area contributed by atoms with Gasteiger partial charge in [-0.05, 0) is 61.2 Å². The lowest BCUT2D eigenvalue weighted by atomic mass is 9.99. The minimum Gasteiger partial charge on any atom is -0.416 e. The number of anilines is 1. The molecule has 4 aromatic rings. The Morgan fingerprint density at radius 1 is 1.02 bits per heavy atom. The quantitative estimate of drug-likeness (QED) is 0.242. The van der Waals surface area contributed by atoms with Gasteiger partial charge in [0.1, 0.15) is 30.4 Å². The van der Waals surface area contributed by atoms with Crippen molar-refractivity contribution in [2.75, 3.05) is 26.1 Å². The van der Waals surface area contributed by atoms with Crippen LogP contribution in [0.25, 0.3) is 27.5 Å². The van der Waals surface area contributed by atoms with Crippen LogP contribution in [0.1, 0.15) is 20.3 Å². The van der Waals surface area contributed by atoms with Gasteiger partial charge in [0.05, 0.1) is 17.1 Å². The molecular formula is C30H32F3N3O7. The molecule has 230 valence electrons. The maximum absolute atomic E-state index is 12.9. The van der Waals surface area contributed by atoms with Crippen LogP contribution in [0.3, 0.4) is 0 Å². The SMILES string of the molecule is CCCO[C@@H]1[C@@H](OC)[C@H](C)O[C@@H](OC(=O)Nc2ccc3c(ccc4c3ncn4-c3ccc(OC(F)(F)F)cc3)c2)[C@@H]1OC. The van der Waals surface area contributed by atoms with E-state index in [4.69, 9.17) is 23.7 Å². The number of aromatic nitrogens is 2. The van der Waals surface area contributed by atoms with Crippen LogP contribution in [0, 0.1) is 0 Å². The van der Waals surface area contributed by atoms with Crippen LogP contribution >= 0.6 is 0 Å². The molecule has 1 aromatic heterocycles. The Kier molecular flexibility index (Phi) is 9.06. The molecule has 5 atom stereocenters. The highest BCUT2D eigenvalue weighted by Gasteiger charge is 2.47. The Morgan fingerprint density at radius 3 is 2.44 bits per heavy atom. The van der Waals surface area contributed by atoms with E-state index in [0.717, 1.165) is 22.7 Å². The highest BCUT2D eigenvalue weighted by molar-refractivity contribution is 6.06. The largest absolute Gasteiger partial charge is 0.573 e. The monoisotopic (exact) mass is 603 g/mol. The number of imidazole rings is 1. The maximum atomic E-state index is 12.9. The van der Waals surface area contributed by atoms with Crippen LogP contribution in [-0.2, 0) is 23.7 Å². The number of carbonyl (C=O) groups excluding carboxylic acids is 1. The summed E-state index contributed by atoms with van der Waals surface area (Å²) >= 11 is 0. The average molecular weight is 604 g/mol. The number of halogens is 3. The molecule has 0 saturated carbocycles. The van der Waals surface area contributed by atoms with Crippen molar-refractivity contribution in [3.63, 3.8) is 0 Å². The van der Waals surface area contributed by atoms with E-state index < -0.39 is 43.2 Å². The molecule has 1 amide bonds. The minimum atomic E-state index is -4.76. The van der Waals surface area contributed by atoms with Crippen molar-refractivity contribution in [1.29, 1.82) is 0 Å². The van der Waals surface area contributed by atoms with Crippen LogP contribution in [0.5, 0.6) is 5.75 Å². The highest BCUT2D eigenvalue weighted by atomic mass is 19.4. The second-order valence-corrected chi connectivity index (χ2v) is 10.0. The van der Waals surface area contributed by atoms with Gasteiger partial charge in [-0.15, -0.1) is 13.2 Å². The summed E-state index contributed by atoms with van der Waals surface area (Å²) in [6.45, 7) is 4.30. The summed E-state index contributed by atoms with van der Waals surface area (Å²) in [6, 6.07) is 14.6. The van der Waals surface area contributed by atoms with Crippen molar-refractivity contribution >= 4 is 33.6 Å². The summed E-state index contributed by atoms with van der Waals surface area (Å²) in [6.07, 6.45) is -6.13. The van der Waals surface area contributed by atoms with E-state index in [2.05, 4.69) is 15.0 Å². The van der Waals surface area contributed by atoms with E-state index in [1.165, 1.54) is 31.4 Å². The predicted octanol–water partition coefficient (Wildman–Crippen LogP) is 6.20. The molecule has 0 aliphatic carbocycles. The normalized spacial score (nSPS) is 22.5. The lowest BCUT2D eigenvalue weighted by molar-refractivity contribution is -0.292. The third-order valence-electron chi connectivity index (χ3n) is 7.14. The lowest BCUT2D eigenvalue weighted by Gasteiger charge is -2.43. The second kappa shape index (κ2) is 12.8. The Labute approximate surface area is 245 Å². The third kappa shape index (κ3) is 6.69. The van der Waals surface area contributed by atoms with Crippen molar-refractivity contribution in [3.05, 3.63) is 60.9 Å². The van der Waals surface area contributed by atoms with E-state index in [9.17, 15) is 18.0 Å². The minimum absolute atomic E-state index is 0.309. The predicted molar refractivity (Wildman–Crippen MR) is 151 cm³/mol. The maximum Gasteiger partial charge on any atom is 0.573 e. The van der Waals surface area contributed by atoms with E-state index >= 15 is 0 Å². The molecule has 1 aliphatic heterocycles. The topological polar surface area (TPSA) is 102 Å². The molecule has 43 heavy (non-hydrogen) atoms. The molecule has 0 bridgehead atoms. The van der Waals surface area contributed by atoms with Crippen molar-refractivity contribution in [2.45, 2.75) is 57.3 Å². The van der Waals surface area contributed by atoms with Gasteiger partial charge >= 0.3 is 12.5 Å². The van der Waals surface area contributed by atoms with Crippen molar-refractivity contribution < 1.29 is 46.4 Å². The number of carbonyl (C=O) groups is 1. The van der Waals surface area contributed by atoms with Crippen LogP contribution in [-0.4, -0.2) is 73.5 Å². The number of alkyl halides is 3. The van der Waals surface area contributed by atoms with E-state index in [1.807, 2.05) is 32.0 Å². The second-order valence-electron chi connectivity index (χ2n) is 10.0. The summed E-state index contributed by atoms with van der Waals surface area (Å²) in [5.41, 5.74) is 2.54. The average Bonchev–Trinajstić information content (AvgIpc) is 3.40. The van der Waals surface area contributed by atoms with Gasteiger partial charge in [0.25, 0.3) is 0 Å². The molecule has 2 heterocycles. The number of benzene rings is 3. The van der Waals surface area contributed by atoms with Gasteiger partial charge in [-0.25, -0.2) is 9.78 Å². The first kappa shape index (κ1) is 30.5. The first-order valence-corrected chi connectivity index (χ1v) is 13.7. The zero-order chi connectivity index (χ0) is 30.7. The molecule has 1 saturated heterocycles. The Balaban J connectivity index is 1.31. The standard InChI is InChI=1S/C30H32F3N3O7/c1-5-14-40-26-25(38-3)17(2)41-28(27(26)39-4)42-29(37)35-19-7-12-22-18(15-19)6-13-23-24(22)34-16-36(23)20-8-10-21(11-9-20)43-30(31,32)33/h6-13,15-17,25-28H,5,14H2,1-4H3,(H,35,37)/t17-,25-,26+,27+,28-/m0/s1. The molecule has 3 aromatic carbocycles. The molecule has 13 heteroatoms. The number of nitrogens with one attached hydrogen (secondary N) is 1. The summed E-state index contributed by atoms with van der Waals surface area (Å²) in [5, 5.41) is 4.36. The van der Waals surface area contributed by atoms with Gasteiger partial charge in [0.2, 0.25) is 6.29 Å². The first-order chi connectivity index (χ1) is 20.6. The van der Waals surface area contributed by atoms with Gasteiger partial charge in [-0.2, -0.15) is 0 Å². The number of methoxy groups -OCH3 is 2. The molecular weight excluding hydrogens is 571 g/mol. The zero-order valence-electron chi connectivity index (χ0n) is 24.0. The molecule has 1 fully saturated rings. The molecule has 0 unspecified atom stereocenters. The van der Waals surface area contributed by atoms with E-state index in [1.54, 1.807) is 30.1 Å². The van der Waals surface area contributed by atoms with Crippen molar-refractivity contribution in [2.24, 2.45) is 0 Å². The van der Waals surface area contributed by atoms with Crippen LogP contribution < -0.4 is 10.1 Å². The molecule has 0 spiro atoms. The third-order valence-corrected chi connectivity index (χ3v) is 7.14. The van der Waals surface area contributed by atoms with Crippen LogP contribution in [0.15, 0.2) is 60.9 Å². The molecule has 1 aliphatic rings. The van der Waals surface area contributed by atoms with Crippen LogP contribution in [0.4, 0.5) is 23.7 Å². The first-order valence-electron chi connectivity index (χ1n) is 13.7. The number of fused-ring (bicyclic) bond motifs is 3. The molecule has 10 nitrogen and oxygen atoms in total. The highest BCUT2D eigenvalue weighted by Crippen LogP contribution is 2.31. The van der Waals surface area contributed by atoms with E-state index in [-0.39, 0.29) is 5.75 Å².